The zero-order valence-electron chi connectivity index (χ0n) is 14.0. The summed E-state index contributed by atoms with van der Waals surface area (Å²) in [5.41, 5.74) is 2.41. The predicted molar refractivity (Wildman–Crippen MR) is 94.2 cm³/mol. The lowest BCUT2D eigenvalue weighted by molar-refractivity contribution is 0.0940. The van der Waals surface area contributed by atoms with E-state index < -0.39 is 10.0 Å². The largest absolute Gasteiger partial charge is 0.346 e. The molecule has 24 heavy (non-hydrogen) atoms. The van der Waals surface area contributed by atoms with Gasteiger partial charge >= 0.3 is 0 Å². The molecule has 2 aromatic carbocycles. The van der Waals surface area contributed by atoms with Gasteiger partial charge < -0.3 is 5.32 Å². The number of rotatable bonds is 5. The standard InChI is InChI=1S/C18H22N2O3S/c1-12(2)14-7-9-15(10-8-14)18(21)20-13(3)16-5-4-6-17(11-16)24(19,22)23/h4-13H,1-3H3,(H,20,21)(H2,19,22,23). The molecular formula is C18H22N2O3S. The maximum absolute atomic E-state index is 12.3. The van der Waals surface area contributed by atoms with E-state index in [1.165, 1.54) is 17.7 Å². The van der Waals surface area contributed by atoms with E-state index in [4.69, 9.17) is 5.14 Å². The third-order valence-corrected chi connectivity index (χ3v) is 4.78. The minimum absolute atomic E-state index is 0.0300. The molecule has 1 unspecified atom stereocenters. The van der Waals surface area contributed by atoms with Crippen molar-refractivity contribution in [3.63, 3.8) is 0 Å². The Labute approximate surface area is 142 Å². The summed E-state index contributed by atoms with van der Waals surface area (Å²) in [7, 11) is -3.77. The van der Waals surface area contributed by atoms with Gasteiger partial charge in [-0.1, -0.05) is 38.1 Å². The lowest BCUT2D eigenvalue weighted by atomic mass is 10.0. The molecule has 1 atom stereocenters. The first-order valence-electron chi connectivity index (χ1n) is 7.72. The maximum Gasteiger partial charge on any atom is 0.251 e. The smallest absolute Gasteiger partial charge is 0.251 e. The van der Waals surface area contributed by atoms with Crippen LogP contribution in [0.25, 0.3) is 0 Å². The number of carbonyl (C=O) groups excluding carboxylic acids is 1. The molecule has 6 heteroatoms. The molecule has 0 fully saturated rings. The zero-order valence-corrected chi connectivity index (χ0v) is 14.8. The second-order valence-electron chi connectivity index (χ2n) is 6.09. The van der Waals surface area contributed by atoms with E-state index >= 15 is 0 Å². The molecule has 0 bridgehead atoms. The topological polar surface area (TPSA) is 89.3 Å². The number of nitrogens with two attached hydrogens (primary N) is 1. The summed E-state index contributed by atoms with van der Waals surface area (Å²) < 4.78 is 22.9. The molecule has 0 heterocycles. The summed E-state index contributed by atoms with van der Waals surface area (Å²) in [6.07, 6.45) is 0. The highest BCUT2D eigenvalue weighted by Crippen LogP contribution is 2.18. The van der Waals surface area contributed by atoms with Gasteiger partial charge in [0.25, 0.3) is 5.91 Å². The molecule has 0 aliphatic heterocycles. The molecule has 2 rings (SSSR count). The Kier molecular flexibility index (Phi) is 5.41. The van der Waals surface area contributed by atoms with E-state index in [0.717, 1.165) is 0 Å². The number of primary sulfonamides is 1. The van der Waals surface area contributed by atoms with Crippen molar-refractivity contribution in [1.82, 2.24) is 5.32 Å². The Morgan fingerprint density at radius 2 is 1.62 bits per heavy atom. The fourth-order valence-electron chi connectivity index (χ4n) is 2.34. The van der Waals surface area contributed by atoms with Crippen LogP contribution in [-0.2, 0) is 10.0 Å². The van der Waals surface area contributed by atoms with Crippen LogP contribution in [0.4, 0.5) is 0 Å². The number of nitrogens with one attached hydrogen (secondary N) is 1. The van der Waals surface area contributed by atoms with E-state index in [1.54, 1.807) is 31.2 Å². The highest BCUT2D eigenvalue weighted by atomic mass is 32.2. The van der Waals surface area contributed by atoms with Crippen molar-refractivity contribution in [3.05, 3.63) is 65.2 Å². The van der Waals surface area contributed by atoms with Gasteiger partial charge in [0.2, 0.25) is 10.0 Å². The summed E-state index contributed by atoms with van der Waals surface area (Å²) in [6, 6.07) is 13.4. The molecule has 0 spiro atoms. The highest BCUT2D eigenvalue weighted by Gasteiger charge is 2.14. The number of sulfonamides is 1. The van der Waals surface area contributed by atoms with Crippen LogP contribution in [0.3, 0.4) is 0 Å². The van der Waals surface area contributed by atoms with E-state index in [0.29, 0.717) is 17.0 Å². The van der Waals surface area contributed by atoms with Crippen molar-refractivity contribution in [2.45, 2.75) is 37.6 Å². The van der Waals surface area contributed by atoms with E-state index in [-0.39, 0.29) is 16.8 Å². The van der Waals surface area contributed by atoms with Crippen molar-refractivity contribution in [2.24, 2.45) is 5.14 Å². The van der Waals surface area contributed by atoms with Gasteiger partial charge in [0, 0.05) is 5.56 Å². The van der Waals surface area contributed by atoms with E-state index in [1.807, 2.05) is 12.1 Å². The Hall–Kier alpha value is -2.18. The second-order valence-corrected chi connectivity index (χ2v) is 7.65. The van der Waals surface area contributed by atoms with Crippen molar-refractivity contribution >= 4 is 15.9 Å². The Balaban J connectivity index is 2.14. The van der Waals surface area contributed by atoms with Crippen LogP contribution in [0.2, 0.25) is 0 Å². The normalized spacial score (nSPS) is 12.9. The average Bonchev–Trinajstić information content (AvgIpc) is 2.54. The first-order chi connectivity index (χ1) is 11.2. The molecule has 0 aliphatic carbocycles. The third kappa shape index (κ3) is 4.43. The molecule has 0 saturated carbocycles. The first kappa shape index (κ1) is 18.2. The van der Waals surface area contributed by atoms with Crippen LogP contribution in [-0.4, -0.2) is 14.3 Å². The van der Waals surface area contributed by atoms with Crippen LogP contribution in [0, 0.1) is 0 Å². The minimum Gasteiger partial charge on any atom is -0.346 e. The van der Waals surface area contributed by atoms with Crippen molar-refractivity contribution in [3.8, 4) is 0 Å². The van der Waals surface area contributed by atoms with E-state index in [2.05, 4.69) is 19.2 Å². The third-order valence-electron chi connectivity index (χ3n) is 3.87. The second kappa shape index (κ2) is 7.15. The van der Waals surface area contributed by atoms with Gasteiger partial charge in [0.05, 0.1) is 10.9 Å². The lowest BCUT2D eigenvalue weighted by Gasteiger charge is -2.15. The van der Waals surface area contributed by atoms with Crippen molar-refractivity contribution in [1.29, 1.82) is 0 Å². The molecule has 2 aromatic rings. The molecule has 3 N–H and O–H groups in total. The van der Waals surface area contributed by atoms with Gasteiger partial charge in [0.1, 0.15) is 0 Å². The van der Waals surface area contributed by atoms with Crippen LogP contribution < -0.4 is 10.5 Å². The molecule has 0 saturated heterocycles. The van der Waals surface area contributed by atoms with Crippen LogP contribution in [0.5, 0.6) is 0 Å². The van der Waals surface area contributed by atoms with E-state index in [9.17, 15) is 13.2 Å². The van der Waals surface area contributed by atoms with Crippen molar-refractivity contribution < 1.29 is 13.2 Å². The zero-order chi connectivity index (χ0) is 17.9. The molecule has 1 amide bonds. The molecule has 0 radical (unpaired) electrons. The fraction of sp³-hybridized carbons (Fsp3) is 0.278. The summed E-state index contributed by atoms with van der Waals surface area (Å²) in [4.78, 5) is 12.4. The first-order valence-corrected chi connectivity index (χ1v) is 9.26. The molecule has 0 aromatic heterocycles. The molecule has 0 aliphatic rings. The monoisotopic (exact) mass is 346 g/mol. The van der Waals surface area contributed by atoms with Crippen LogP contribution in [0.1, 0.15) is 54.2 Å². The molecule has 5 nitrogen and oxygen atoms in total. The Morgan fingerprint density at radius 3 is 2.17 bits per heavy atom. The number of hydrogen-bond donors (Lipinski definition) is 2. The Morgan fingerprint density at radius 1 is 1.00 bits per heavy atom. The summed E-state index contributed by atoms with van der Waals surface area (Å²) in [6.45, 7) is 5.98. The minimum atomic E-state index is -3.77. The summed E-state index contributed by atoms with van der Waals surface area (Å²) >= 11 is 0. The average molecular weight is 346 g/mol. The number of amides is 1. The van der Waals surface area contributed by atoms with Gasteiger partial charge in [-0.05, 0) is 48.2 Å². The SMILES string of the molecule is CC(C)c1ccc(C(=O)NC(C)c2cccc(S(N)(=O)=O)c2)cc1. The predicted octanol–water partition coefficient (Wildman–Crippen LogP) is 2.95. The molecule has 128 valence electrons. The number of hydrogen-bond acceptors (Lipinski definition) is 3. The number of carbonyl (C=O) groups is 1. The lowest BCUT2D eigenvalue weighted by Crippen LogP contribution is -2.26. The van der Waals surface area contributed by atoms with Gasteiger partial charge in [-0.3, -0.25) is 4.79 Å². The maximum atomic E-state index is 12.3. The van der Waals surface area contributed by atoms with Gasteiger partial charge in [0.15, 0.2) is 0 Å². The van der Waals surface area contributed by atoms with Gasteiger partial charge in [-0.15, -0.1) is 0 Å². The highest BCUT2D eigenvalue weighted by molar-refractivity contribution is 7.89. The van der Waals surface area contributed by atoms with Crippen LogP contribution >= 0.6 is 0 Å². The van der Waals surface area contributed by atoms with Gasteiger partial charge in [-0.2, -0.15) is 0 Å². The van der Waals surface area contributed by atoms with Crippen LogP contribution in [0.15, 0.2) is 53.4 Å². The van der Waals surface area contributed by atoms with Gasteiger partial charge in [-0.25, -0.2) is 13.6 Å². The quantitative estimate of drug-likeness (QED) is 0.872. The molecular weight excluding hydrogens is 324 g/mol. The number of benzene rings is 2. The summed E-state index contributed by atoms with van der Waals surface area (Å²) in [5, 5.41) is 8.01. The summed E-state index contributed by atoms with van der Waals surface area (Å²) in [5.74, 6) is 0.195. The Bertz CT molecular complexity index is 828. The van der Waals surface area contributed by atoms with Crippen molar-refractivity contribution in [2.75, 3.05) is 0 Å². The fourth-order valence-corrected chi connectivity index (χ4v) is 2.91.